The van der Waals surface area contributed by atoms with Gasteiger partial charge in [0.15, 0.2) is 5.13 Å². The molecule has 0 atom stereocenters. The van der Waals surface area contributed by atoms with Crippen LogP contribution in [0.4, 0.5) is 5.13 Å². The maximum atomic E-state index is 12.3. The zero-order valence-electron chi connectivity index (χ0n) is 11.9. The second-order valence-corrected chi connectivity index (χ2v) is 7.06. The Kier molecular flexibility index (Phi) is 3.59. The summed E-state index contributed by atoms with van der Waals surface area (Å²) >= 11 is 4.86. The average molecular weight is 383 g/mol. The van der Waals surface area contributed by atoms with Crippen LogP contribution in [0.25, 0.3) is 21.0 Å². The third-order valence-electron chi connectivity index (χ3n) is 3.59. The van der Waals surface area contributed by atoms with E-state index in [4.69, 9.17) is 0 Å². The van der Waals surface area contributed by atoms with Crippen molar-refractivity contribution in [2.45, 2.75) is 0 Å². The maximum absolute atomic E-state index is 12.3. The van der Waals surface area contributed by atoms with Gasteiger partial charge in [-0.1, -0.05) is 63.7 Å². The van der Waals surface area contributed by atoms with Crippen molar-refractivity contribution < 1.29 is 4.79 Å². The molecule has 112 valence electrons. The van der Waals surface area contributed by atoms with E-state index >= 15 is 0 Å². The number of thiazole rings is 1. The van der Waals surface area contributed by atoms with Gasteiger partial charge in [-0.3, -0.25) is 10.1 Å². The van der Waals surface area contributed by atoms with Crippen LogP contribution in [0.15, 0.2) is 65.1 Å². The molecule has 0 aliphatic carbocycles. The first-order chi connectivity index (χ1) is 11.2. The van der Waals surface area contributed by atoms with Gasteiger partial charge in [-0.25, -0.2) is 4.98 Å². The third kappa shape index (κ3) is 2.73. The van der Waals surface area contributed by atoms with Gasteiger partial charge in [-0.05, 0) is 29.7 Å². The zero-order chi connectivity index (χ0) is 15.8. The molecule has 1 aromatic heterocycles. The van der Waals surface area contributed by atoms with Crippen LogP contribution in [0.1, 0.15) is 10.4 Å². The van der Waals surface area contributed by atoms with Crippen molar-refractivity contribution in [3.8, 4) is 0 Å². The van der Waals surface area contributed by atoms with Crippen molar-refractivity contribution >= 4 is 59.3 Å². The second-order valence-electron chi connectivity index (χ2n) is 5.12. The van der Waals surface area contributed by atoms with Crippen LogP contribution in [0.3, 0.4) is 0 Å². The van der Waals surface area contributed by atoms with Crippen LogP contribution >= 0.6 is 27.3 Å². The van der Waals surface area contributed by atoms with Gasteiger partial charge in [0.05, 0.1) is 10.2 Å². The van der Waals surface area contributed by atoms with E-state index < -0.39 is 0 Å². The Morgan fingerprint density at radius 3 is 2.78 bits per heavy atom. The van der Waals surface area contributed by atoms with Gasteiger partial charge in [0.25, 0.3) is 5.91 Å². The topological polar surface area (TPSA) is 42.0 Å². The van der Waals surface area contributed by atoms with E-state index in [2.05, 4.69) is 44.4 Å². The highest BCUT2D eigenvalue weighted by Crippen LogP contribution is 2.31. The lowest BCUT2D eigenvalue weighted by Gasteiger charge is -2.01. The van der Waals surface area contributed by atoms with Gasteiger partial charge >= 0.3 is 0 Å². The van der Waals surface area contributed by atoms with E-state index in [0.717, 1.165) is 25.5 Å². The Morgan fingerprint density at radius 1 is 1.04 bits per heavy atom. The van der Waals surface area contributed by atoms with Gasteiger partial charge in [-0.2, -0.15) is 0 Å². The normalized spacial score (nSPS) is 11.0. The first-order valence-corrected chi connectivity index (χ1v) is 8.67. The monoisotopic (exact) mass is 382 g/mol. The first kappa shape index (κ1) is 14.4. The average Bonchev–Trinajstić information content (AvgIpc) is 2.97. The van der Waals surface area contributed by atoms with E-state index in [9.17, 15) is 4.79 Å². The SMILES string of the molecule is O=C(Nc1nc2c(ccc3ccccc32)s1)c1cccc(Br)c1. The smallest absolute Gasteiger partial charge is 0.257 e. The number of aromatic nitrogens is 1. The molecule has 0 saturated carbocycles. The number of fused-ring (bicyclic) bond motifs is 3. The lowest BCUT2D eigenvalue weighted by molar-refractivity contribution is 0.102. The van der Waals surface area contributed by atoms with E-state index in [1.54, 1.807) is 12.1 Å². The van der Waals surface area contributed by atoms with E-state index in [0.29, 0.717) is 10.7 Å². The first-order valence-electron chi connectivity index (χ1n) is 7.06. The van der Waals surface area contributed by atoms with E-state index in [-0.39, 0.29) is 5.91 Å². The van der Waals surface area contributed by atoms with Gasteiger partial charge < -0.3 is 0 Å². The maximum Gasteiger partial charge on any atom is 0.257 e. The number of hydrogen-bond acceptors (Lipinski definition) is 3. The Balaban J connectivity index is 1.72. The lowest BCUT2D eigenvalue weighted by Crippen LogP contribution is -2.11. The van der Waals surface area contributed by atoms with Crippen molar-refractivity contribution in [1.82, 2.24) is 4.98 Å². The lowest BCUT2D eigenvalue weighted by atomic mass is 10.1. The summed E-state index contributed by atoms with van der Waals surface area (Å²) in [5.74, 6) is -0.158. The van der Waals surface area contributed by atoms with Crippen molar-refractivity contribution in [2.75, 3.05) is 5.32 Å². The molecule has 0 spiro atoms. The summed E-state index contributed by atoms with van der Waals surface area (Å²) in [4.78, 5) is 16.9. The number of anilines is 1. The molecule has 0 fully saturated rings. The summed E-state index contributed by atoms with van der Waals surface area (Å²) in [6.07, 6.45) is 0. The molecule has 1 heterocycles. The molecule has 1 N–H and O–H groups in total. The Bertz CT molecular complexity index is 1040. The number of carbonyl (C=O) groups is 1. The van der Waals surface area contributed by atoms with E-state index in [1.165, 1.54) is 11.3 Å². The summed E-state index contributed by atoms with van der Waals surface area (Å²) in [5.41, 5.74) is 1.53. The molecule has 3 aromatic carbocycles. The van der Waals surface area contributed by atoms with Crippen LogP contribution in [0.2, 0.25) is 0 Å². The molecule has 0 unspecified atom stereocenters. The highest BCUT2D eigenvalue weighted by molar-refractivity contribution is 9.10. The van der Waals surface area contributed by atoms with Crippen LogP contribution in [0.5, 0.6) is 0 Å². The Labute approximate surface area is 145 Å². The molecule has 3 nitrogen and oxygen atoms in total. The predicted octanol–water partition coefficient (Wildman–Crippen LogP) is 5.46. The molecule has 1 amide bonds. The van der Waals surface area contributed by atoms with Crippen LogP contribution in [-0.2, 0) is 0 Å². The fourth-order valence-electron chi connectivity index (χ4n) is 2.51. The zero-order valence-corrected chi connectivity index (χ0v) is 14.3. The van der Waals surface area contributed by atoms with Crippen molar-refractivity contribution in [3.63, 3.8) is 0 Å². The van der Waals surface area contributed by atoms with Crippen LogP contribution in [0, 0.1) is 0 Å². The standard InChI is InChI=1S/C18H11BrN2OS/c19-13-6-3-5-12(10-13)17(22)21-18-20-16-14-7-2-1-4-11(14)8-9-15(16)23-18/h1-10H,(H,20,21,22). The fourth-order valence-corrected chi connectivity index (χ4v) is 3.79. The number of halogens is 1. The molecule has 0 aliphatic heterocycles. The predicted molar refractivity (Wildman–Crippen MR) is 99.2 cm³/mol. The quantitative estimate of drug-likeness (QED) is 0.499. The molecule has 0 saturated heterocycles. The van der Waals surface area contributed by atoms with Gasteiger partial charge in [-0.15, -0.1) is 0 Å². The fraction of sp³-hybridized carbons (Fsp3) is 0. The van der Waals surface area contributed by atoms with Crippen molar-refractivity contribution in [2.24, 2.45) is 0 Å². The number of benzene rings is 3. The number of rotatable bonds is 2. The van der Waals surface area contributed by atoms with Gasteiger partial charge in [0.2, 0.25) is 0 Å². The number of nitrogens with one attached hydrogen (secondary N) is 1. The summed E-state index contributed by atoms with van der Waals surface area (Å²) in [7, 11) is 0. The number of carbonyl (C=O) groups excluding carboxylic acids is 1. The molecule has 0 radical (unpaired) electrons. The van der Waals surface area contributed by atoms with Gasteiger partial charge in [0, 0.05) is 15.4 Å². The summed E-state index contributed by atoms with van der Waals surface area (Å²) < 4.78 is 1.94. The molecular formula is C18H11BrN2OS. The molecular weight excluding hydrogens is 372 g/mol. The van der Waals surface area contributed by atoms with Crippen LogP contribution in [-0.4, -0.2) is 10.9 Å². The molecule has 0 bridgehead atoms. The van der Waals surface area contributed by atoms with Crippen molar-refractivity contribution in [3.05, 3.63) is 70.7 Å². The summed E-state index contributed by atoms with van der Waals surface area (Å²) in [6, 6.07) is 19.6. The summed E-state index contributed by atoms with van der Waals surface area (Å²) in [6.45, 7) is 0. The molecule has 23 heavy (non-hydrogen) atoms. The highest BCUT2D eigenvalue weighted by Gasteiger charge is 2.11. The molecule has 0 aliphatic rings. The minimum atomic E-state index is -0.158. The minimum absolute atomic E-state index is 0.158. The highest BCUT2D eigenvalue weighted by atomic mass is 79.9. The van der Waals surface area contributed by atoms with Crippen LogP contribution < -0.4 is 5.32 Å². The minimum Gasteiger partial charge on any atom is -0.298 e. The number of amides is 1. The molecule has 4 rings (SSSR count). The number of nitrogens with zero attached hydrogens (tertiary/aromatic N) is 1. The Hall–Kier alpha value is -2.24. The second kappa shape index (κ2) is 5.76. The largest absolute Gasteiger partial charge is 0.298 e. The van der Waals surface area contributed by atoms with E-state index in [1.807, 2.05) is 30.3 Å². The Morgan fingerprint density at radius 2 is 1.91 bits per heavy atom. The summed E-state index contributed by atoms with van der Waals surface area (Å²) in [5, 5.41) is 5.75. The third-order valence-corrected chi connectivity index (χ3v) is 5.02. The number of hydrogen-bond donors (Lipinski definition) is 1. The van der Waals surface area contributed by atoms with Gasteiger partial charge in [0.1, 0.15) is 0 Å². The molecule has 4 aromatic rings. The van der Waals surface area contributed by atoms with Crippen molar-refractivity contribution in [1.29, 1.82) is 0 Å². The molecule has 5 heteroatoms.